The Labute approximate surface area is 120 Å². The molecule has 1 N–H and O–H groups in total. The predicted molar refractivity (Wildman–Crippen MR) is 80.6 cm³/mol. The van der Waals surface area contributed by atoms with Crippen molar-refractivity contribution < 1.29 is 4.79 Å². The Bertz CT molecular complexity index is 731. The van der Waals surface area contributed by atoms with Gasteiger partial charge in [-0.25, -0.2) is 4.98 Å². The first-order valence-corrected chi connectivity index (χ1v) is 7.08. The van der Waals surface area contributed by atoms with E-state index in [9.17, 15) is 4.79 Å². The molecule has 0 fully saturated rings. The van der Waals surface area contributed by atoms with E-state index in [0.717, 1.165) is 16.4 Å². The molecule has 0 saturated carbocycles. The topological polar surface area (TPSA) is 46.9 Å². The zero-order chi connectivity index (χ0) is 13.9. The summed E-state index contributed by atoms with van der Waals surface area (Å²) in [6.07, 6.45) is 3.81. The van der Waals surface area contributed by atoms with Crippen LogP contribution >= 0.6 is 11.3 Å². The van der Waals surface area contributed by atoms with Gasteiger partial charge in [0.05, 0.1) is 0 Å². The number of benzene rings is 1. The van der Waals surface area contributed by atoms with Gasteiger partial charge in [-0.1, -0.05) is 18.2 Å². The van der Waals surface area contributed by atoms with E-state index in [-0.39, 0.29) is 5.91 Å². The number of hydrogen-bond donors (Lipinski definition) is 1. The Morgan fingerprint density at radius 3 is 2.70 bits per heavy atom. The van der Waals surface area contributed by atoms with Crippen LogP contribution in [-0.2, 0) is 0 Å². The number of thiazole rings is 1. The number of carbonyl (C=O) groups excluding carboxylic acids is 1. The Balaban J connectivity index is 1.80. The van der Waals surface area contributed by atoms with Crippen LogP contribution in [0.2, 0.25) is 0 Å². The van der Waals surface area contributed by atoms with Crippen molar-refractivity contribution in [2.24, 2.45) is 0 Å². The monoisotopic (exact) mass is 283 g/mol. The fourth-order valence-electron chi connectivity index (χ4n) is 1.85. The van der Waals surface area contributed by atoms with E-state index < -0.39 is 0 Å². The molecule has 2 heterocycles. The van der Waals surface area contributed by atoms with Gasteiger partial charge in [-0.05, 0) is 30.7 Å². The Morgan fingerprint density at radius 2 is 1.95 bits per heavy atom. The maximum atomic E-state index is 12.2. The second kappa shape index (κ2) is 5.30. The maximum absolute atomic E-state index is 12.2. The molecule has 4 nitrogen and oxygen atoms in total. The summed E-state index contributed by atoms with van der Waals surface area (Å²) in [7, 11) is 0. The maximum Gasteiger partial charge on any atom is 0.275 e. The van der Waals surface area contributed by atoms with Gasteiger partial charge in [0.15, 0.2) is 5.13 Å². The van der Waals surface area contributed by atoms with Gasteiger partial charge in [0.2, 0.25) is 0 Å². The van der Waals surface area contributed by atoms with Crippen LogP contribution in [-0.4, -0.2) is 15.5 Å². The second-order valence-electron chi connectivity index (χ2n) is 4.37. The van der Waals surface area contributed by atoms with E-state index in [0.29, 0.717) is 5.69 Å². The molecule has 3 rings (SSSR count). The summed E-state index contributed by atoms with van der Waals surface area (Å²) < 4.78 is 1.88. The van der Waals surface area contributed by atoms with Crippen LogP contribution in [0.5, 0.6) is 0 Å². The third-order valence-electron chi connectivity index (χ3n) is 2.94. The molecule has 0 aliphatic carbocycles. The molecule has 0 saturated heterocycles. The van der Waals surface area contributed by atoms with Crippen LogP contribution in [0.15, 0.2) is 54.2 Å². The molecule has 0 aliphatic heterocycles. The molecule has 5 heteroatoms. The van der Waals surface area contributed by atoms with Crippen LogP contribution in [0.25, 0.3) is 5.13 Å². The fraction of sp³-hybridized carbons (Fsp3) is 0.0667. The number of aromatic nitrogens is 2. The largest absolute Gasteiger partial charge is 0.320 e. The Hall–Kier alpha value is -2.40. The molecule has 0 atom stereocenters. The van der Waals surface area contributed by atoms with E-state index in [1.54, 1.807) is 5.38 Å². The molecular weight excluding hydrogens is 270 g/mol. The highest BCUT2D eigenvalue weighted by Gasteiger charge is 2.12. The number of anilines is 1. The number of hydrogen-bond acceptors (Lipinski definition) is 3. The van der Waals surface area contributed by atoms with Crippen molar-refractivity contribution in [3.8, 4) is 5.13 Å². The minimum absolute atomic E-state index is 0.186. The average Bonchev–Trinajstić information content (AvgIpc) is 3.11. The molecule has 0 unspecified atom stereocenters. The number of carbonyl (C=O) groups is 1. The molecule has 3 aromatic rings. The molecule has 1 aromatic carbocycles. The van der Waals surface area contributed by atoms with Crippen molar-refractivity contribution in [1.29, 1.82) is 0 Å². The van der Waals surface area contributed by atoms with Crippen LogP contribution in [0, 0.1) is 6.92 Å². The van der Waals surface area contributed by atoms with E-state index in [4.69, 9.17) is 0 Å². The van der Waals surface area contributed by atoms with E-state index >= 15 is 0 Å². The normalized spacial score (nSPS) is 10.4. The van der Waals surface area contributed by atoms with Crippen LogP contribution in [0.1, 0.15) is 16.1 Å². The molecule has 0 spiro atoms. The summed E-state index contributed by atoms with van der Waals surface area (Å²) >= 11 is 1.44. The van der Waals surface area contributed by atoms with Crippen molar-refractivity contribution in [1.82, 2.24) is 9.55 Å². The van der Waals surface area contributed by atoms with Crippen molar-refractivity contribution in [2.45, 2.75) is 6.92 Å². The lowest BCUT2D eigenvalue weighted by atomic mass is 10.2. The van der Waals surface area contributed by atoms with E-state index in [1.165, 1.54) is 11.3 Å². The van der Waals surface area contributed by atoms with Gasteiger partial charge in [0.25, 0.3) is 5.91 Å². The molecule has 100 valence electrons. The van der Waals surface area contributed by atoms with Crippen LogP contribution in [0.4, 0.5) is 5.69 Å². The summed E-state index contributed by atoms with van der Waals surface area (Å²) in [6, 6.07) is 11.5. The first-order chi connectivity index (χ1) is 9.74. The molecule has 2 aromatic heterocycles. The van der Waals surface area contributed by atoms with Gasteiger partial charge >= 0.3 is 0 Å². The van der Waals surface area contributed by atoms with Gasteiger partial charge in [-0.15, -0.1) is 11.3 Å². The third-order valence-corrected chi connectivity index (χ3v) is 3.80. The number of para-hydroxylation sites is 1. The number of aryl methyl sites for hydroxylation is 1. The van der Waals surface area contributed by atoms with Gasteiger partial charge < -0.3 is 9.88 Å². The standard InChI is InChI=1S/C15H13N3OS/c1-11-6-2-3-7-12(11)16-14(19)13-10-20-15(17-13)18-8-4-5-9-18/h2-10H,1H3,(H,16,19). The van der Waals surface area contributed by atoms with Crippen molar-refractivity contribution in [3.05, 3.63) is 65.4 Å². The van der Waals surface area contributed by atoms with Gasteiger partial charge in [-0.3, -0.25) is 4.79 Å². The van der Waals surface area contributed by atoms with E-state index in [2.05, 4.69) is 10.3 Å². The number of nitrogens with zero attached hydrogens (tertiary/aromatic N) is 2. The highest BCUT2D eigenvalue weighted by molar-refractivity contribution is 7.12. The number of nitrogens with one attached hydrogen (secondary N) is 1. The molecule has 20 heavy (non-hydrogen) atoms. The van der Waals surface area contributed by atoms with Crippen molar-refractivity contribution in [3.63, 3.8) is 0 Å². The quantitative estimate of drug-likeness (QED) is 0.799. The van der Waals surface area contributed by atoms with Crippen molar-refractivity contribution >= 4 is 22.9 Å². The molecule has 0 radical (unpaired) electrons. The zero-order valence-electron chi connectivity index (χ0n) is 10.9. The third kappa shape index (κ3) is 2.48. The van der Waals surface area contributed by atoms with Gasteiger partial charge in [-0.2, -0.15) is 0 Å². The van der Waals surface area contributed by atoms with Gasteiger partial charge in [0.1, 0.15) is 5.69 Å². The Morgan fingerprint density at radius 1 is 1.20 bits per heavy atom. The van der Waals surface area contributed by atoms with Crippen LogP contribution < -0.4 is 5.32 Å². The Kier molecular flexibility index (Phi) is 3.35. The predicted octanol–water partition coefficient (Wildman–Crippen LogP) is 3.49. The lowest BCUT2D eigenvalue weighted by molar-refractivity contribution is 0.102. The lowest BCUT2D eigenvalue weighted by Crippen LogP contribution is -2.13. The lowest BCUT2D eigenvalue weighted by Gasteiger charge is -2.06. The highest BCUT2D eigenvalue weighted by Crippen LogP contribution is 2.18. The molecular formula is C15H13N3OS. The summed E-state index contributed by atoms with van der Waals surface area (Å²) in [5, 5.41) is 5.43. The second-order valence-corrected chi connectivity index (χ2v) is 5.21. The molecule has 0 bridgehead atoms. The summed E-state index contributed by atoms with van der Waals surface area (Å²) in [6.45, 7) is 1.96. The smallest absolute Gasteiger partial charge is 0.275 e. The van der Waals surface area contributed by atoms with Crippen molar-refractivity contribution in [2.75, 3.05) is 5.32 Å². The molecule has 1 amide bonds. The fourth-order valence-corrected chi connectivity index (χ4v) is 2.62. The molecule has 0 aliphatic rings. The first-order valence-electron chi connectivity index (χ1n) is 6.20. The van der Waals surface area contributed by atoms with Crippen LogP contribution in [0.3, 0.4) is 0 Å². The van der Waals surface area contributed by atoms with Gasteiger partial charge in [0, 0.05) is 23.5 Å². The number of rotatable bonds is 3. The highest BCUT2D eigenvalue weighted by atomic mass is 32.1. The first kappa shape index (κ1) is 12.6. The summed E-state index contributed by atoms with van der Waals surface area (Å²) in [5.41, 5.74) is 2.27. The average molecular weight is 283 g/mol. The summed E-state index contributed by atoms with van der Waals surface area (Å²) in [5.74, 6) is -0.186. The zero-order valence-corrected chi connectivity index (χ0v) is 11.7. The van der Waals surface area contributed by atoms with E-state index in [1.807, 2.05) is 60.3 Å². The minimum Gasteiger partial charge on any atom is -0.320 e. The number of amides is 1. The SMILES string of the molecule is Cc1ccccc1NC(=O)c1csc(-n2cccc2)n1. The minimum atomic E-state index is -0.186. The summed E-state index contributed by atoms with van der Waals surface area (Å²) in [4.78, 5) is 16.5.